The lowest BCUT2D eigenvalue weighted by atomic mass is 9.97. The molecule has 5 heteroatoms. The van der Waals surface area contributed by atoms with Crippen LogP contribution in [0.25, 0.3) is 0 Å². The average Bonchev–Trinajstić information content (AvgIpc) is 3.30. The molecule has 1 aromatic rings. The van der Waals surface area contributed by atoms with Gasteiger partial charge >= 0.3 is 0 Å². The van der Waals surface area contributed by atoms with Gasteiger partial charge in [-0.2, -0.15) is 0 Å². The zero-order valence-corrected chi connectivity index (χ0v) is 12.9. The van der Waals surface area contributed by atoms with Crippen LogP contribution in [0.3, 0.4) is 0 Å². The highest BCUT2D eigenvalue weighted by atomic mass is 35.5. The summed E-state index contributed by atoms with van der Waals surface area (Å²) in [6, 6.07) is 6.94. The van der Waals surface area contributed by atoms with Gasteiger partial charge in [0.2, 0.25) is 5.91 Å². The number of rotatable bonds is 4. The monoisotopic (exact) mass is 312 g/mol. The number of carbonyl (C=O) groups excluding carboxylic acids is 1. The van der Waals surface area contributed by atoms with Crippen LogP contribution in [0.15, 0.2) is 24.3 Å². The maximum Gasteiger partial charge on any atom is 0.227 e. The number of benzene rings is 1. The topological polar surface area (TPSA) is 32.3 Å². The third kappa shape index (κ3) is 4.17. The second-order valence-corrected chi connectivity index (χ2v) is 5.87. The normalized spacial score (nSPS) is 21.5. The molecule has 0 aromatic heterocycles. The van der Waals surface area contributed by atoms with Crippen molar-refractivity contribution in [2.45, 2.75) is 38.3 Å². The van der Waals surface area contributed by atoms with E-state index in [9.17, 15) is 9.18 Å². The molecule has 0 spiro atoms. The van der Waals surface area contributed by atoms with Gasteiger partial charge in [-0.3, -0.25) is 4.79 Å². The molecule has 2 fully saturated rings. The van der Waals surface area contributed by atoms with Gasteiger partial charge in [-0.05, 0) is 49.9 Å². The molecule has 0 radical (unpaired) electrons. The Kier molecular flexibility index (Phi) is 5.59. The van der Waals surface area contributed by atoms with Crippen LogP contribution in [0.2, 0.25) is 0 Å². The lowest BCUT2D eigenvalue weighted by molar-refractivity contribution is -0.137. The SMILES string of the molecule is Cl.O=C([C@@H]1CCCNC1)N(Cc1cccc(F)c1)C1CC1. The molecule has 3 nitrogen and oxygen atoms in total. The van der Waals surface area contributed by atoms with Crippen LogP contribution < -0.4 is 5.32 Å². The minimum Gasteiger partial charge on any atom is -0.335 e. The minimum atomic E-state index is -0.231. The van der Waals surface area contributed by atoms with Crippen molar-refractivity contribution in [3.05, 3.63) is 35.6 Å². The van der Waals surface area contributed by atoms with E-state index in [4.69, 9.17) is 0 Å². The zero-order valence-electron chi connectivity index (χ0n) is 12.1. The Morgan fingerprint density at radius 1 is 1.33 bits per heavy atom. The van der Waals surface area contributed by atoms with E-state index in [0.717, 1.165) is 44.3 Å². The molecule has 1 aliphatic carbocycles. The quantitative estimate of drug-likeness (QED) is 0.927. The van der Waals surface area contributed by atoms with Crippen molar-refractivity contribution in [3.8, 4) is 0 Å². The number of amides is 1. The van der Waals surface area contributed by atoms with Gasteiger partial charge in [-0.25, -0.2) is 4.39 Å². The predicted octanol–water partition coefficient (Wildman–Crippen LogP) is 2.74. The molecule has 1 N–H and O–H groups in total. The van der Waals surface area contributed by atoms with Gasteiger partial charge in [-0.15, -0.1) is 12.4 Å². The Balaban J connectivity index is 0.00000161. The van der Waals surface area contributed by atoms with E-state index in [1.807, 2.05) is 11.0 Å². The fraction of sp³-hybridized carbons (Fsp3) is 0.562. The molecule has 0 bridgehead atoms. The highest BCUT2D eigenvalue weighted by molar-refractivity contribution is 5.85. The van der Waals surface area contributed by atoms with Gasteiger partial charge in [0.25, 0.3) is 0 Å². The summed E-state index contributed by atoms with van der Waals surface area (Å²) in [5, 5.41) is 3.30. The van der Waals surface area contributed by atoms with E-state index in [1.165, 1.54) is 12.1 Å². The number of hydrogen-bond acceptors (Lipinski definition) is 2. The average molecular weight is 313 g/mol. The highest BCUT2D eigenvalue weighted by Crippen LogP contribution is 2.30. The summed E-state index contributed by atoms with van der Waals surface area (Å²) in [6.45, 7) is 2.33. The molecule has 1 heterocycles. The first-order valence-electron chi connectivity index (χ1n) is 7.49. The Morgan fingerprint density at radius 2 is 2.14 bits per heavy atom. The van der Waals surface area contributed by atoms with Gasteiger partial charge in [0.15, 0.2) is 0 Å². The molecule has 1 atom stereocenters. The molecule has 1 saturated heterocycles. The van der Waals surface area contributed by atoms with Crippen molar-refractivity contribution in [1.29, 1.82) is 0 Å². The van der Waals surface area contributed by atoms with Crippen molar-refractivity contribution < 1.29 is 9.18 Å². The van der Waals surface area contributed by atoms with Crippen LogP contribution in [0.5, 0.6) is 0 Å². The summed E-state index contributed by atoms with van der Waals surface area (Å²) in [5.41, 5.74) is 0.883. The van der Waals surface area contributed by atoms with Gasteiger partial charge in [0.05, 0.1) is 5.92 Å². The van der Waals surface area contributed by atoms with Crippen molar-refractivity contribution >= 4 is 18.3 Å². The number of halogens is 2. The summed E-state index contributed by atoms with van der Waals surface area (Å²) in [7, 11) is 0. The first-order valence-corrected chi connectivity index (χ1v) is 7.49. The highest BCUT2D eigenvalue weighted by Gasteiger charge is 2.36. The summed E-state index contributed by atoms with van der Waals surface area (Å²) in [6.07, 6.45) is 4.20. The van der Waals surface area contributed by atoms with Crippen LogP contribution in [0, 0.1) is 11.7 Å². The molecule has 1 saturated carbocycles. The minimum absolute atomic E-state index is 0. The smallest absolute Gasteiger partial charge is 0.227 e. The molecule has 116 valence electrons. The second-order valence-electron chi connectivity index (χ2n) is 5.87. The maximum atomic E-state index is 13.3. The largest absolute Gasteiger partial charge is 0.335 e. The molecular weight excluding hydrogens is 291 g/mol. The molecule has 21 heavy (non-hydrogen) atoms. The van der Waals surface area contributed by atoms with Crippen molar-refractivity contribution in [2.75, 3.05) is 13.1 Å². The first kappa shape index (κ1) is 16.2. The summed E-state index contributed by atoms with van der Waals surface area (Å²) >= 11 is 0. The van der Waals surface area contributed by atoms with Crippen molar-refractivity contribution in [2.24, 2.45) is 5.92 Å². The molecule has 2 aliphatic rings. The number of hydrogen-bond donors (Lipinski definition) is 1. The fourth-order valence-electron chi connectivity index (χ4n) is 2.90. The number of nitrogens with one attached hydrogen (secondary N) is 1. The lowest BCUT2D eigenvalue weighted by Gasteiger charge is -2.30. The van der Waals surface area contributed by atoms with Gasteiger partial charge in [-0.1, -0.05) is 12.1 Å². The standard InChI is InChI=1S/C16H21FN2O.ClH/c17-14-5-1-3-12(9-14)11-19(15-6-7-15)16(20)13-4-2-8-18-10-13;/h1,3,5,9,13,15,18H,2,4,6-8,10-11H2;1H/t13-;/m1./s1. The lowest BCUT2D eigenvalue weighted by Crippen LogP contribution is -2.43. The molecule has 1 aliphatic heterocycles. The Morgan fingerprint density at radius 3 is 2.76 bits per heavy atom. The Bertz CT molecular complexity index is 487. The van der Waals surface area contributed by atoms with E-state index in [0.29, 0.717) is 12.6 Å². The third-order valence-electron chi connectivity index (χ3n) is 4.16. The number of carbonyl (C=O) groups is 1. The van der Waals surface area contributed by atoms with Crippen molar-refractivity contribution in [3.63, 3.8) is 0 Å². The summed E-state index contributed by atoms with van der Waals surface area (Å²) in [5.74, 6) is 0.104. The van der Waals surface area contributed by atoms with E-state index in [1.54, 1.807) is 6.07 Å². The van der Waals surface area contributed by atoms with E-state index >= 15 is 0 Å². The van der Waals surface area contributed by atoms with Gasteiger partial charge < -0.3 is 10.2 Å². The maximum absolute atomic E-state index is 13.3. The summed E-state index contributed by atoms with van der Waals surface area (Å²) < 4.78 is 13.3. The number of nitrogens with zero attached hydrogens (tertiary/aromatic N) is 1. The molecule has 1 aromatic carbocycles. The zero-order chi connectivity index (χ0) is 13.9. The van der Waals surface area contributed by atoms with Crippen LogP contribution in [0.4, 0.5) is 4.39 Å². The fourth-order valence-corrected chi connectivity index (χ4v) is 2.90. The summed E-state index contributed by atoms with van der Waals surface area (Å²) in [4.78, 5) is 14.6. The van der Waals surface area contributed by atoms with Crippen LogP contribution in [-0.2, 0) is 11.3 Å². The Labute approximate surface area is 131 Å². The van der Waals surface area contributed by atoms with Gasteiger partial charge in [0, 0.05) is 19.1 Å². The molecule has 1 amide bonds. The van der Waals surface area contributed by atoms with Crippen LogP contribution >= 0.6 is 12.4 Å². The number of piperidine rings is 1. The second kappa shape index (κ2) is 7.23. The van der Waals surface area contributed by atoms with Crippen LogP contribution in [0.1, 0.15) is 31.2 Å². The molecule has 3 rings (SSSR count). The first-order chi connectivity index (χ1) is 9.74. The predicted molar refractivity (Wildman–Crippen MR) is 82.8 cm³/mol. The molecular formula is C16H22ClFN2O. The molecule has 0 unspecified atom stereocenters. The Hall–Kier alpha value is -1.13. The third-order valence-corrected chi connectivity index (χ3v) is 4.16. The van der Waals surface area contributed by atoms with E-state index < -0.39 is 0 Å². The van der Waals surface area contributed by atoms with E-state index in [2.05, 4.69) is 5.32 Å². The van der Waals surface area contributed by atoms with E-state index in [-0.39, 0.29) is 30.0 Å². The van der Waals surface area contributed by atoms with Gasteiger partial charge in [0.1, 0.15) is 5.82 Å². The van der Waals surface area contributed by atoms with Crippen LogP contribution in [-0.4, -0.2) is 29.9 Å². The van der Waals surface area contributed by atoms with Crippen molar-refractivity contribution in [1.82, 2.24) is 10.2 Å².